The summed E-state index contributed by atoms with van der Waals surface area (Å²) in [5.74, 6) is -0.644. The molecular formula is C23H30NNaO5S. The van der Waals surface area contributed by atoms with E-state index < -0.39 is 22.4 Å². The third kappa shape index (κ3) is 6.04. The normalized spacial score (nSPS) is 19.6. The molecule has 1 heterocycles. The predicted molar refractivity (Wildman–Crippen MR) is 118 cm³/mol. The number of rotatable bonds is 8. The molecule has 1 unspecified atom stereocenters. The van der Waals surface area contributed by atoms with E-state index in [2.05, 4.69) is 13.8 Å². The summed E-state index contributed by atoms with van der Waals surface area (Å²) in [6, 6.07) is 14.4. The summed E-state index contributed by atoms with van der Waals surface area (Å²) in [4.78, 5) is 13.2. The molecule has 0 bridgehead atoms. The Morgan fingerprint density at radius 2 is 1.90 bits per heavy atom. The van der Waals surface area contributed by atoms with Gasteiger partial charge in [-0.15, -0.1) is 0 Å². The summed E-state index contributed by atoms with van der Waals surface area (Å²) >= 11 is 0. The average molecular weight is 456 g/mol. The van der Waals surface area contributed by atoms with Gasteiger partial charge >= 0.3 is 35.5 Å². The van der Waals surface area contributed by atoms with E-state index in [1.165, 1.54) is 6.07 Å². The Morgan fingerprint density at radius 3 is 2.52 bits per heavy atom. The molecule has 164 valence electrons. The number of anilines is 2. The Hall–Kier alpha value is -1.54. The molecule has 1 aliphatic heterocycles. The Labute approximate surface area is 208 Å². The first-order valence-electron chi connectivity index (χ1n) is 10.3. The minimum atomic E-state index is -3.53. The quantitative estimate of drug-likeness (QED) is 0.611. The molecule has 0 saturated heterocycles. The molecule has 8 heteroatoms. The number of fused-ring (bicyclic) bond motifs is 1. The first kappa shape index (κ1) is 25.7. The van der Waals surface area contributed by atoms with Crippen molar-refractivity contribution in [3.8, 4) is 5.75 Å². The number of carbonyl (C=O) groups is 1. The van der Waals surface area contributed by atoms with E-state index in [1.807, 2.05) is 35.2 Å². The van der Waals surface area contributed by atoms with E-state index in [0.29, 0.717) is 18.0 Å². The van der Waals surface area contributed by atoms with Gasteiger partial charge < -0.3 is 16.2 Å². The monoisotopic (exact) mass is 455 g/mol. The van der Waals surface area contributed by atoms with Crippen LogP contribution in [-0.2, 0) is 14.6 Å². The van der Waals surface area contributed by atoms with Crippen LogP contribution >= 0.6 is 0 Å². The number of para-hydroxylation sites is 1. The van der Waals surface area contributed by atoms with Crippen LogP contribution in [0.25, 0.3) is 0 Å². The summed E-state index contributed by atoms with van der Waals surface area (Å²) in [5, 5.41) is 8.92. The Balaban J connectivity index is 0.00000256. The third-order valence-electron chi connectivity index (χ3n) is 5.79. The number of aliphatic carboxylic acids is 1. The van der Waals surface area contributed by atoms with E-state index in [9.17, 15) is 13.2 Å². The van der Waals surface area contributed by atoms with E-state index >= 15 is 0 Å². The average Bonchev–Trinajstić information content (AvgIpc) is 2.83. The molecule has 3 rings (SSSR count). The van der Waals surface area contributed by atoms with Crippen LogP contribution in [0.1, 0.15) is 41.0 Å². The maximum Gasteiger partial charge on any atom is 1.00 e. The van der Waals surface area contributed by atoms with Crippen LogP contribution in [0.3, 0.4) is 0 Å². The zero-order valence-electron chi connectivity index (χ0n) is 19.5. The van der Waals surface area contributed by atoms with Crippen LogP contribution in [-0.4, -0.2) is 38.4 Å². The second kappa shape index (κ2) is 10.9. The van der Waals surface area contributed by atoms with E-state index in [4.69, 9.17) is 9.84 Å². The van der Waals surface area contributed by atoms with Crippen molar-refractivity contribution in [2.75, 3.05) is 23.8 Å². The van der Waals surface area contributed by atoms with Crippen molar-refractivity contribution >= 4 is 27.2 Å². The number of sulfone groups is 1. The fourth-order valence-electron chi connectivity index (χ4n) is 4.08. The van der Waals surface area contributed by atoms with Crippen molar-refractivity contribution in [1.29, 1.82) is 0 Å². The Bertz CT molecular complexity index is 1000. The van der Waals surface area contributed by atoms with Crippen LogP contribution in [0.4, 0.5) is 11.4 Å². The molecule has 1 atom stereocenters. The summed E-state index contributed by atoms with van der Waals surface area (Å²) in [7, 11) is -3.53. The number of hydrogen-bond acceptors (Lipinski definition) is 5. The van der Waals surface area contributed by atoms with Crippen molar-refractivity contribution in [1.82, 2.24) is 0 Å². The molecule has 0 aliphatic carbocycles. The maximum absolute atomic E-state index is 13.4. The first-order valence-corrected chi connectivity index (χ1v) is 12.0. The SMILES string of the molecule is CCCCC1(CC)CN(c2ccccc2)c2cc(OCC(=O)O)ccc2S(=O)(=O)C1.[H-].[Na+]. The van der Waals surface area contributed by atoms with Gasteiger partial charge in [-0.25, -0.2) is 13.2 Å². The zero-order valence-corrected chi connectivity index (χ0v) is 21.3. The van der Waals surface area contributed by atoms with Crippen LogP contribution in [0.5, 0.6) is 5.75 Å². The van der Waals surface area contributed by atoms with Crippen molar-refractivity contribution in [2.24, 2.45) is 5.41 Å². The largest absolute Gasteiger partial charge is 1.00 e. The fraction of sp³-hybridized carbons (Fsp3) is 0.435. The summed E-state index contributed by atoms with van der Waals surface area (Å²) in [5.41, 5.74) is 1.07. The molecule has 0 saturated carbocycles. The van der Waals surface area contributed by atoms with E-state index in [1.54, 1.807) is 12.1 Å². The summed E-state index contributed by atoms with van der Waals surface area (Å²) in [6.45, 7) is 4.27. The van der Waals surface area contributed by atoms with Crippen LogP contribution in [0, 0.1) is 5.41 Å². The number of carboxylic acid groups (broad SMARTS) is 1. The molecule has 0 radical (unpaired) electrons. The number of benzene rings is 2. The molecule has 6 nitrogen and oxygen atoms in total. The molecule has 0 fully saturated rings. The standard InChI is InChI=1S/C23H29NO5S.Na.H/c1-3-5-13-23(4-2)16-24(18-9-7-6-8-10-18)20-14-19(29-15-22(25)26)11-12-21(20)30(27,28)17-23;;/h6-12,14H,3-5,13,15-17H2,1-2H3,(H,25,26);;/q;+1;-1. The van der Waals surface area contributed by atoms with Gasteiger partial charge in [0.2, 0.25) is 0 Å². The van der Waals surface area contributed by atoms with E-state index in [0.717, 1.165) is 31.4 Å². The molecule has 0 aromatic heterocycles. The molecule has 0 spiro atoms. The Morgan fingerprint density at radius 1 is 1.19 bits per heavy atom. The predicted octanol–water partition coefficient (Wildman–Crippen LogP) is 1.78. The number of unbranched alkanes of at least 4 members (excludes halogenated alkanes) is 1. The van der Waals surface area contributed by atoms with Gasteiger partial charge in [0.1, 0.15) is 5.75 Å². The molecule has 2 aromatic rings. The third-order valence-corrected chi connectivity index (χ3v) is 7.79. The minimum Gasteiger partial charge on any atom is -1.00 e. The fourth-order valence-corrected chi connectivity index (χ4v) is 6.25. The van der Waals surface area contributed by atoms with Crippen LogP contribution in [0.15, 0.2) is 53.4 Å². The summed E-state index contributed by atoms with van der Waals surface area (Å²) < 4.78 is 32.2. The van der Waals surface area contributed by atoms with Gasteiger partial charge in [-0.1, -0.05) is 44.9 Å². The van der Waals surface area contributed by atoms with Crippen LogP contribution in [0.2, 0.25) is 0 Å². The van der Waals surface area contributed by atoms with Gasteiger partial charge in [0.15, 0.2) is 16.4 Å². The maximum atomic E-state index is 13.4. The Kier molecular flexibility index (Phi) is 9.01. The van der Waals surface area contributed by atoms with Gasteiger partial charge in [0.05, 0.1) is 16.3 Å². The number of hydrogen-bond donors (Lipinski definition) is 1. The topological polar surface area (TPSA) is 83.9 Å². The molecular weight excluding hydrogens is 425 g/mol. The van der Waals surface area contributed by atoms with Gasteiger partial charge in [0.25, 0.3) is 0 Å². The van der Waals surface area contributed by atoms with Crippen LogP contribution < -0.4 is 39.2 Å². The number of carboxylic acids is 1. The van der Waals surface area contributed by atoms with Crippen molar-refractivity contribution in [3.63, 3.8) is 0 Å². The first-order chi connectivity index (χ1) is 14.3. The van der Waals surface area contributed by atoms with Crippen molar-refractivity contribution in [2.45, 2.75) is 44.4 Å². The van der Waals surface area contributed by atoms with Gasteiger partial charge in [-0.3, -0.25) is 0 Å². The molecule has 0 amide bonds. The number of nitrogens with zero attached hydrogens (tertiary/aromatic N) is 1. The minimum absolute atomic E-state index is 0. The number of ether oxygens (including phenoxy) is 1. The molecule has 1 aliphatic rings. The van der Waals surface area contributed by atoms with Crippen molar-refractivity contribution in [3.05, 3.63) is 48.5 Å². The second-order valence-electron chi connectivity index (χ2n) is 7.95. The van der Waals surface area contributed by atoms with Crippen molar-refractivity contribution < 1.29 is 54.0 Å². The zero-order chi connectivity index (χ0) is 21.8. The smallest absolute Gasteiger partial charge is 1.00 e. The molecule has 2 aromatic carbocycles. The second-order valence-corrected chi connectivity index (χ2v) is 9.91. The van der Waals surface area contributed by atoms with E-state index in [-0.39, 0.29) is 47.0 Å². The molecule has 1 N–H and O–H groups in total. The van der Waals surface area contributed by atoms with Gasteiger partial charge in [0, 0.05) is 23.7 Å². The van der Waals surface area contributed by atoms with Gasteiger partial charge in [-0.05, 0) is 37.1 Å². The molecule has 31 heavy (non-hydrogen) atoms. The summed E-state index contributed by atoms with van der Waals surface area (Å²) in [6.07, 6.45) is 3.56. The van der Waals surface area contributed by atoms with Gasteiger partial charge in [-0.2, -0.15) is 0 Å².